The van der Waals surface area contributed by atoms with Crippen molar-refractivity contribution in [2.45, 2.75) is 12.8 Å². The summed E-state index contributed by atoms with van der Waals surface area (Å²) < 4.78 is 0.0464. The van der Waals surface area contributed by atoms with E-state index in [9.17, 15) is 9.59 Å². The highest BCUT2D eigenvalue weighted by Crippen LogP contribution is 2.08. The van der Waals surface area contributed by atoms with Crippen LogP contribution in [0.15, 0.2) is 0 Å². The monoisotopic (exact) mass is 253 g/mol. The van der Waals surface area contributed by atoms with Crippen LogP contribution >= 0.6 is 22.6 Å². The lowest BCUT2D eigenvalue weighted by molar-refractivity contribution is -0.120. The van der Waals surface area contributed by atoms with E-state index in [2.05, 4.69) is 0 Å². The minimum Gasteiger partial charge on any atom is -0.333 e. The molecule has 0 atom stereocenters. The number of ketones is 1. The maximum atomic E-state index is 10.7. The third-order valence-corrected chi connectivity index (χ3v) is 2.25. The number of rotatable bonds is 0. The molecule has 0 radical (unpaired) electrons. The Balaban J connectivity index is 2.40. The van der Waals surface area contributed by atoms with Gasteiger partial charge in [-0.25, -0.2) is 0 Å². The SMILES string of the molecule is O=C1CCN(C(=O)I)CC1. The lowest BCUT2D eigenvalue weighted by Gasteiger charge is -2.23. The second-order valence-corrected chi connectivity index (χ2v) is 3.20. The van der Waals surface area contributed by atoms with E-state index in [0.717, 1.165) is 0 Å². The van der Waals surface area contributed by atoms with E-state index < -0.39 is 0 Å². The van der Waals surface area contributed by atoms with Crippen LogP contribution in [0, 0.1) is 0 Å². The van der Waals surface area contributed by atoms with Crippen LogP contribution in [0.25, 0.3) is 0 Å². The maximum absolute atomic E-state index is 10.7. The van der Waals surface area contributed by atoms with Crippen molar-refractivity contribution < 1.29 is 9.59 Å². The molecule has 0 spiro atoms. The maximum Gasteiger partial charge on any atom is 0.283 e. The molecule has 0 aromatic carbocycles. The van der Waals surface area contributed by atoms with E-state index in [1.54, 1.807) is 27.5 Å². The first-order valence-electron chi connectivity index (χ1n) is 3.16. The number of carbonyl (C=O) groups is 2. The first-order chi connectivity index (χ1) is 4.70. The number of carbonyl (C=O) groups excluding carboxylic acids is 2. The van der Waals surface area contributed by atoms with Crippen LogP contribution in [-0.2, 0) is 4.79 Å². The van der Waals surface area contributed by atoms with Crippen LogP contribution in [0.4, 0.5) is 4.79 Å². The zero-order valence-electron chi connectivity index (χ0n) is 5.47. The molecule has 0 bridgehead atoms. The average Bonchev–Trinajstić information content (AvgIpc) is 1.88. The smallest absolute Gasteiger partial charge is 0.283 e. The van der Waals surface area contributed by atoms with Crippen LogP contribution in [0.2, 0.25) is 0 Å². The fourth-order valence-corrected chi connectivity index (χ4v) is 1.41. The van der Waals surface area contributed by atoms with Crippen LogP contribution in [0.1, 0.15) is 12.8 Å². The van der Waals surface area contributed by atoms with Gasteiger partial charge in [0.1, 0.15) is 5.78 Å². The van der Waals surface area contributed by atoms with E-state index >= 15 is 0 Å². The molecule has 0 aromatic heterocycles. The number of hydrogen-bond acceptors (Lipinski definition) is 2. The van der Waals surface area contributed by atoms with Gasteiger partial charge in [-0.2, -0.15) is 0 Å². The Morgan fingerprint density at radius 2 is 1.90 bits per heavy atom. The standard InChI is InChI=1S/C6H8INO2/c7-6(10)8-3-1-5(9)2-4-8/h1-4H2. The lowest BCUT2D eigenvalue weighted by atomic mass is 10.1. The number of halogens is 1. The van der Waals surface area contributed by atoms with Gasteiger partial charge in [0.15, 0.2) is 0 Å². The summed E-state index contributed by atoms with van der Waals surface area (Å²) in [7, 11) is 0. The molecular weight excluding hydrogens is 245 g/mol. The molecule has 0 N–H and O–H groups in total. The Morgan fingerprint density at radius 1 is 1.40 bits per heavy atom. The number of hydrogen-bond donors (Lipinski definition) is 0. The van der Waals surface area contributed by atoms with Crippen molar-refractivity contribution >= 4 is 32.3 Å². The average molecular weight is 253 g/mol. The molecule has 1 amide bonds. The van der Waals surface area contributed by atoms with Gasteiger partial charge in [0.05, 0.1) is 0 Å². The van der Waals surface area contributed by atoms with Crippen molar-refractivity contribution in [3.8, 4) is 0 Å². The topological polar surface area (TPSA) is 37.4 Å². The first kappa shape index (κ1) is 7.97. The van der Waals surface area contributed by atoms with Gasteiger partial charge in [-0.15, -0.1) is 0 Å². The summed E-state index contributed by atoms with van der Waals surface area (Å²) in [6.45, 7) is 1.22. The third-order valence-electron chi connectivity index (χ3n) is 1.57. The van der Waals surface area contributed by atoms with E-state index in [1.807, 2.05) is 0 Å². The predicted octanol–water partition coefficient (Wildman–Crippen LogP) is 1.21. The summed E-state index contributed by atoms with van der Waals surface area (Å²) in [4.78, 5) is 23.1. The predicted molar refractivity (Wildman–Crippen MR) is 45.2 cm³/mol. The Hall–Kier alpha value is -0.130. The Kier molecular flexibility index (Phi) is 2.64. The summed E-state index contributed by atoms with van der Waals surface area (Å²) in [5.74, 6) is 0.272. The Morgan fingerprint density at radius 3 is 2.30 bits per heavy atom. The minimum absolute atomic E-state index is 0.0464. The van der Waals surface area contributed by atoms with Gasteiger partial charge >= 0.3 is 0 Å². The van der Waals surface area contributed by atoms with Gasteiger partial charge in [0.2, 0.25) is 0 Å². The fraction of sp³-hybridized carbons (Fsp3) is 0.667. The quantitative estimate of drug-likeness (QED) is 0.369. The van der Waals surface area contributed by atoms with E-state index in [4.69, 9.17) is 0 Å². The molecule has 1 rings (SSSR count). The van der Waals surface area contributed by atoms with Crippen LogP contribution < -0.4 is 0 Å². The first-order valence-corrected chi connectivity index (χ1v) is 4.24. The van der Waals surface area contributed by atoms with Crippen molar-refractivity contribution in [1.29, 1.82) is 0 Å². The minimum atomic E-state index is 0.0464. The second-order valence-electron chi connectivity index (χ2n) is 2.28. The van der Waals surface area contributed by atoms with Gasteiger partial charge in [0, 0.05) is 48.5 Å². The molecule has 0 aliphatic carbocycles. The largest absolute Gasteiger partial charge is 0.333 e. The molecule has 0 unspecified atom stereocenters. The molecule has 1 saturated heterocycles. The zero-order chi connectivity index (χ0) is 7.56. The molecule has 4 heteroatoms. The summed E-state index contributed by atoms with van der Waals surface area (Å²) in [6.07, 6.45) is 1.07. The van der Waals surface area contributed by atoms with Crippen molar-refractivity contribution in [2.75, 3.05) is 13.1 Å². The normalized spacial score (nSPS) is 19.3. The number of amides is 1. The molecule has 1 aliphatic heterocycles. The third kappa shape index (κ3) is 1.93. The van der Waals surface area contributed by atoms with Crippen molar-refractivity contribution in [2.24, 2.45) is 0 Å². The zero-order valence-corrected chi connectivity index (χ0v) is 7.63. The second kappa shape index (κ2) is 3.32. The van der Waals surface area contributed by atoms with Crippen LogP contribution in [0.5, 0.6) is 0 Å². The van der Waals surface area contributed by atoms with Gasteiger partial charge < -0.3 is 4.90 Å². The molecule has 56 valence electrons. The summed E-state index contributed by atoms with van der Waals surface area (Å²) in [6, 6.07) is 0. The number of Topliss-reactive ketones (excluding diaryl/α,β-unsaturated/α-hetero) is 1. The van der Waals surface area contributed by atoms with E-state index in [1.165, 1.54) is 0 Å². The molecule has 0 aromatic rings. The molecule has 0 saturated carbocycles. The van der Waals surface area contributed by atoms with E-state index in [-0.39, 0.29) is 9.70 Å². The molecule has 1 heterocycles. The highest BCUT2D eigenvalue weighted by molar-refractivity contribution is 14.1. The Bertz CT molecular complexity index is 159. The van der Waals surface area contributed by atoms with Gasteiger partial charge in [-0.3, -0.25) is 9.59 Å². The molecular formula is C6H8INO2. The highest BCUT2D eigenvalue weighted by atomic mass is 127. The van der Waals surface area contributed by atoms with Gasteiger partial charge in [0.25, 0.3) is 3.91 Å². The van der Waals surface area contributed by atoms with Gasteiger partial charge in [-0.05, 0) is 0 Å². The van der Waals surface area contributed by atoms with Gasteiger partial charge in [-0.1, -0.05) is 0 Å². The molecule has 3 nitrogen and oxygen atoms in total. The summed E-state index contributed by atoms with van der Waals surface area (Å²) >= 11 is 1.74. The molecule has 1 aliphatic rings. The van der Waals surface area contributed by atoms with Crippen molar-refractivity contribution in [3.05, 3.63) is 0 Å². The highest BCUT2D eigenvalue weighted by Gasteiger charge is 2.17. The molecule has 1 fully saturated rings. The van der Waals surface area contributed by atoms with Crippen LogP contribution in [0.3, 0.4) is 0 Å². The number of likely N-dealkylation sites (tertiary alicyclic amines) is 1. The molecule has 10 heavy (non-hydrogen) atoms. The van der Waals surface area contributed by atoms with Crippen molar-refractivity contribution in [1.82, 2.24) is 4.90 Å². The number of piperidine rings is 1. The summed E-state index contributed by atoms with van der Waals surface area (Å²) in [5, 5.41) is 0. The fourth-order valence-electron chi connectivity index (χ4n) is 0.932. The lowest BCUT2D eigenvalue weighted by Crippen LogP contribution is -2.35. The van der Waals surface area contributed by atoms with E-state index in [0.29, 0.717) is 25.9 Å². The van der Waals surface area contributed by atoms with Crippen LogP contribution in [-0.4, -0.2) is 27.7 Å². The summed E-state index contributed by atoms with van der Waals surface area (Å²) in [5.41, 5.74) is 0. The Labute approximate surface area is 72.9 Å². The number of nitrogens with zero attached hydrogens (tertiary/aromatic N) is 1. The van der Waals surface area contributed by atoms with Crippen molar-refractivity contribution in [3.63, 3.8) is 0 Å².